The molecule has 21 heavy (non-hydrogen) atoms. The molecule has 1 aromatic carbocycles. The summed E-state index contributed by atoms with van der Waals surface area (Å²) < 4.78 is 0. The largest absolute Gasteiger partial charge is 0.409 e. The smallest absolute Gasteiger partial charge is 0.274 e. The molecule has 7 heteroatoms. The Hall–Kier alpha value is -3.09. The second kappa shape index (κ2) is 5.91. The van der Waals surface area contributed by atoms with Crippen molar-refractivity contribution in [2.45, 2.75) is 0 Å². The molecule has 0 spiro atoms. The van der Waals surface area contributed by atoms with Gasteiger partial charge in [0.1, 0.15) is 5.69 Å². The van der Waals surface area contributed by atoms with Crippen LogP contribution in [0.25, 0.3) is 0 Å². The lowest BCUT2D eigenvalue weighted by Gasteiger charge is -2.17. The van der Waals surface area contributed by atoms with Crippen LogP contribution in [0.2, 0.25) is 0 Å². The summed E-state index contributed by atoms with van der Waals surface area (Å²) in [6.45, 7) is 0. The Morgan fingerprint density at radius 2 is 1.90 bits per heavy atom. The highest BCUT2D eigenvalue weighted by Crippen LogP contribution is 2.15. The highest BCUT2D eigenvalue weighted by Gasteiger charge is 2.14. The van der Waals surface area contributed by atoms with Crippen LogP contribution in [0, 0.1) is 0 Å². The number of amidine groups is 1. The summed E-state index contributed by atoms with van der Waals surface area (Å²) in [7, 11) is 1.59. The van der Waals surface area contributed by atoms with E-state index >= 15 is 0 Å². The maximum atomic E-state index is 12.2. The van der Waals surface area contributed by atoms with Gasteiger partial charge in [-0.1, -0.05) is 11.2 Å². The molecule has 108 valence electrons. The Labute approximate surface area is 120 Å². The van der Waals surface area contributed by atoms with Crippen LogP contribution < -0.4 is 16.2 Å². The molecule has 0 fully saturated rings. The van der Waals surface area contributed by atoms with E-state index in [0.29, 0.717) is 11.3 Å². The number of aromatic amines is 1. The molecular weight excluding hydrogens is 272 g/mol. The average molecular weight is 286 g/mol. The SMILES string of the molecule is CN(C(=O)c1cccc(=O)[nH]1)c1ccc(/C(N)=N/O)cc1. The number of pyridine rings is 1. The molecule has 1 heterocycles. The lowest BCUT2D eigenvalue weighted by molar-refractivity contribution is 0.0988. The van der Waals surface area contributed by atoms with Gasteiger partial charge in [-0.2, -0.15) is 0 Å². The van der Waals surface area contributed by atoms with E-state index in [0.717, 1.165) is 0 Å². The second-order valence-corrected chi connectivity index (χ2v) is 4.32. The Kier molecular flexibility index (Phi) is 4.03. The van der Waals surface area contributed by atoms with Gasteiger partial charge in [-0.25, -0.2) is 0 Å². The van der Waals surface area contributed by atoms with Gasteiger partial charge in [0.25, 0.3) is 5.91 Å². The van der Waals surface area contributed by atoms with E-state index in [1.165, 1.54) is 23.1 Å². The van der Waals surface area contributed by atoms with E-state index in [1.807, 2.05) is 0 Å². The molecule has 0 aliphatic carbocycles. The first-order valence-electron chi connectivity index (χ1n) is 6.08. The van der Waals surface area contributed by atoms with Crippen molar-refractivity contribution in [3.8, 4) is 0 Å². The normalized spacial score (nSPS) is 11.2. The van der Waals surface area contributed by atoms with Crippen LogP contribution in [0.1, 0.15) is 16.1 Å². The Balaban J connectivity index is 2.25. The summed E-state index contributed by atoms with van der Waals surface area (Å²) in [6.07, 6.45) is 0. The number of nitrogens with one attached hydrogen (secondary N) is 1. The van der Waals surface area contributed by atoms with Crippen LogP contribution in [-0.4, -0.2) is 29.0 Å². The monoisotopic (exact) mass is 286 g/mol. The van der Waals surface area contributed by atoms with Crippen molar-refractivity contribution in [3.05, 3.63) is 64.1 Å². The van der Waals surface area contributed by atoms with E-state index in [-0.39, 0.29) is 23.0 Å². The molecule has 2 aromatic rings. The number of H-pyrrole nitrogens is 1. The number of carbonyl (C=O) groups is 1. The summed E-state index contributed by atoms with van der Waals surface area (Å²) in [5, 5.41) is 11.5. The highest BCUT2D eigenvalue weighted by molar-refractivity contribution is 6.04. The number of benzene rings is 1. The molecule has 0 saturated carbocycles. The van der Waals surface area contributed by atoms with Crippen LogP contribution in [-0.2, 0) is 0 Å². The standard InChI is InChI=1S/C14H14N4O3/c1-18(14(20)11-3-2-4-12(19)16-11)10-7-5-9(6-8-10)13(15)17-21/h2-8,21H,1H3,(H2,15,17)(H,16,19). The first-order chi connectivity index (χ1) is 10.0. The number of nitrogens with zero attached hydrogens (tertiary/aromatic N) is 2. The number of aromatic nitrogens is 1. The van der Waals surface area contributed by atoms with Crippen LogP contribution in [0.15, 0.2) is 52.4 Å². The van der Waals surface area contributed by atoms with Crippen molar-refractivity contribution in [1.82, 2.24) is 4.98 Å². The fourth-order valence-electron chi connectivity index (χ4n) is 1.78. The lowest BCUT2D eigenvalue weighted by Crippen LogP contribution is -2.28. The molecule has 0 bridgehead atoms. The van der Waals surface area contributed by atoms with Crippen LogP contribution in [0.4, 0.5) is 5.69 Å². The molecule has 0 aliphatic heterocycles. The van der Waals surface area contributed by atoms with Gasteiger partial charge in [0, 0.05) is 24.4 Å². The highest BCUT2D eigenvalue weighted by atomic mass is 16.4. The number of rotatable bonds is 3. The molecule has 7 nitrogen and oxygen atoms in total. The predicted octanol–water partition coefficient (Wildman–Crippen LogP) is 0.746. The Bertz CT molecular complexity index is 734. The van der Waals surface area contributed by atoms with Crippen LogP contribution >= 0.6 is 0 Å². The zero-order chi connectivity index (χ0) is 15.4. The molecule has 0 atom stereocenters. The van der Waals surface area contributed by atoms with E-state index in [9.17, 15) is 9.59 Å². The third-order valence-corrected chi connectivity index (χ3v) is 2.96. The van der Waals surface area contributed by atoms with Crippen LogP contribution in [0.5, 0.6) is 0 Å². The summed E-state index contributed by atoms with van der Waals surface area (Å²) in [6, 6.07) is 11.0. The Morgan fingerprint density at radius 3 is 2.48 bits per heavy atom. The topological polar surface area (TPSA) is 112 Å². The molecule has 1 amide bonds. The first-order valence-corrected chi connectivity index (χ1v) is 6.08. The fourth-order valence-corrected chi connectivity index (χ4v) is 1.78. The second-order valence-electron chi connectivity index (χ2n) is 4.32. The molecule has 0 unspecified atom stereocenters. The maximum absolute atomic E-state index is 12.2. The van der Waals surface area contributed by atoms with Gasteiger partial charge in [0.05, 0.1) is 0 Å². The Morgan fingerprint density at radius 1 is 1.24 bits per heavy atom. The van der Waals surface area contributed by atoms with E-state index in [4.69, 9.17) is 10.9 Å². The van der Waals surface area contributed by atoms with Crippen molar-refractivity contribution >= 4 is 17.4 Å². The van der Waals surface area contributed by atoms with Crippen molar-refractivity contribution in [3.63, 3.8) is 0 Å². The summed E-state index contributed by atoms with van der Waals surface area (Å²) >= 11 is 0. The number of hydrogen-bond acceptors (Lipinski definition) is 4. The minimum absolute atomic E-state index is 0.0112. The van der Waals surface area contributed by atoms with Crippen molar-refractivity contribution in [1.29, 1.82) is 0 Å². The molecule has 2 rings (SSSR count). The van der Waals surface area contributed by atoms with Gasteiger partial charge in [0.2, 0.25) is 5.56 Å². The van der Waals surface area contributed by atoms with E-state index < -0.39 is 0 Å². The minimum Gasteiger partial charge on any atom is -0.409 e. The third-order valence-electron chi connectivity index (χ3n) is 2.96. The summed E-state index contributed by atoms with van der Waals surface area (Å²) in [4.78, 5) is 27.3. The van der Waals surface area contributed by atoms with Crippen LogP contribution in [0.3, 0.4) is 0 Å². The number of oxime groups is 1. The first kappa shape index (κ1) is 14.3. The lowest BCUT2D eigenvalue weighted by atomic mass is 10.2. The molecule has 0 radical (unpaired) electrons. The van der Waals surface area contributed by atoms with Gasteiger partial charge in [-0.15, -0.1) is 0 Å². The van der Waals surface area contributed by atoms with Gasteiger partial charge >= 0.3 is 0 Å². The summed E-state index contributed by atoms with van der Waals surface area (Å²) in [5.41, 5.74) is 6.48. The minimum atomic E-state index is -0.343. The number of anilines is 1. The molecule has 4 N–H and O–H groups in total. The predicted molar refractivity (Wildman–Crippen MR) is 78.7 cm³/mol. The average Bonchev–Trinajstić information content (AvgIpc) is 2.53. The van der Waals surface area contributed by atoms with Crippen molar-refractivity contribution < 1.29 is 10.0 Å². The number of amides is 1. The molecule has 0 saturated heterocycles. The molecule has 1 aromatic heterocycles. The number of hydrogen-bond donors (Lipinski definition) is 3. The van der Waals surface area contributed by atoms with Gasteiger partial charge in [-0.3, -0.25) is 9.59 Å². The molecular formula is C14H14N4O3. The quantitative estimate of drug-likeness (QED) is 0.334. The third kappa shape index (κ3) is 3.08. The zero-order valence-corrected chi connectivity index (χ0v) is 11.3. The van der Waals surface area contributed by atoms with Gasteiger partial charge < -0.3 is 20.8 Å². The fraction of sp³-hybridized carbons (Fsp3) is 0.0714. The number of carbonyl (C=O) groups excluding carboxylic acids is 1. The van der Waals surface area contributed by atoms with Crippen molar-refractivity contribution in [2.24, 2.45) is 10.9 Å². The van der Waals surface area contributed by atoms with E-state index in [2.05, 4.69) is 10.1 Å². The van der Waals surface area contributed by atoms with Gasteiger partial charge in [0.15, 0.2) is 5.84 Å². The molecule has 0 aliphatic rings. The number of nitrogens with two attached hydrogens (primary N) is 1. The van der Waals surface area contributed by atoms with Gasteiger partial charge in [-0.05, 0) is 30.3 Å². The van der Waals surface area contributed by atoms with Crippen molar-refractivity contribution in [2.75, 3.05) is 11.9 Å². The van der Waals surface area contributed by atoms with E-state index in [1.54, 1.807) is 31.3 Å². The summed E-state index contributed by atoms with van der Waals surface area (Å²) in [5.74, 6) is -0.354. The maximum Gasteiger partial charge on any atom is 0.274 e. The zero-order valence-electron chi connectivity index (χ0n) is 11.3.